The Morgan fingerprint density at radius 1 is 1.25 bits per heavy atom. The van der Waals surface area contributed by atoms with Crippen LogP contribution in [0.1, 0.15) is 39.0 Å². The van der Waals surface area contributed by atoms with Crippen LogP contribution in [-0.2, 0) is 9.59 Å². The summed E-state index contributed by atoms with van der Waals surface area (Å²) in [6, 6.07) is 0. The zero-order valence-corrected chi connectivity index (χ0v) is 10.5. The van der Waals surface area contributed by atoms with E-state index in [0.29, 0.717) is 17.9 Å². The van der Waals surface area contributed by atoms with Crippen LogP contribution in [0.25, 0.3) is 0 Å². The number of carbonyl (C=O) groups is 2. The summed E-state index contributed by atoms with van der Waals surface area (Å²) in [5.74, 6) is -0.909. The highest BCUT2D eigenvalue weighted by atomic mass is 32.2. The fourth-order valence-electron chi connectivity index (χ4n) is 1.30. The average Bonchev–Trinajstić information content (AvgIpc) is 2.21. The van der Waals surface area contributed by atoms with Crippen molar-refractivity contribution in [3.63, 3.8) is 0 Å². The first-order valence-corrected chi connectivity index (χ1v) is 6.75. The van der Waals surface area contributed by atoms with Gasteiger partial charge >= 0.3 is 11.9 Å². The molecule has 0 saturated carbocycles. The molecule has 0 spiro atoms. The van der Waals surface area contributed by atoms with E-state index >= 15 is 0 Å². The highest BCUT2D eigenvalue weighted by Crippen LogP contribution is 2.17. The molecule has 0 aromatic heterocycles. The first-order chi connectivity index (χ1) is 7.57. The Labute approximate surface area is 100 Å². The lowest BCUT2D eigenvalue weighted by molar-refractivity contribution is -0.141. The summed E-state index contributed by atoms with van der Waals surface area (Å²) in [6.45, 7) is 2.08. The van der Waals surface area contributed by atoms with Crippen LogP contribution < -0.4 is 0 Å². The molecule has 0 aliphatic heterocycles. The van der Waals surface area contributed by atoms with Gasteiger partial charge in [-0.2, -0.15) is 11.8 Å². The lowest BCUT2D eigenvalue weighted by atomic mass is 10.0. The van der Waals surface area contributed by atoms with Crippen LogP contribution in [0.2, 0.25) is 0 Å². The summed E-state index contributed by atoms with van der Waals surface area (Å²) < 4.78 is 0. The van der Waals surface area contributed by atoms with Crippen LogP contribution in [0.3, 0.4) is 0 Å². The van der Waals surface area contributed by atoms with Gasteiger partial charge in [0.25, 0.3) is 0 Å². The Morgan fingerprint density at radius 2 is 1.94 bits per heavy atom. The molecule has 0 aromatic carbocycles. The summed E-state index contributed by atoms with van der Waals surface area (Å²) in [5, 5.41) is 17.4. The minimum atomic E-state index is -0.828. The quantitative estimate of drug-likeness (QED) is 0.581. The van der Waals surface area contributed by atoms with Crippen molar-refractivity contribution in [2.24, 2.45) is 5.92 Å². The Kier molecular flexibility index (Phi) is 9.09. The van der Waals surface area contributed by atoms with Gasteiger partial charge in [-0.3, -0.25) is 9.59 Å². The van der Waals surface area contributed by atoms with Gasteiger partial charge in [-0.1, -0.05) is 26.2 Å². The predicted octanol–water partition coefficient (Wildman–Crippen LogP) is 2.48. The Hall–Kier alpha value is -0.710. The van der Waals surface area contributed by atoms with Gasteiger partial charge in [-0.15, -0.1) is 0 Å². The van der Waals surface area contributed by atoms with Gasteiger partial charge in [0.15, 0.2) is 0 Å². The van der Waals surface area contributed by atoms with Gasteiger partial charge in [0.2, 0.25) is 0 Å². The van der Waals surface area contributed by atoms with Crippen molar-refractivity contribution in [3.8, 4) is 0 Å². The summed E-state index contributed by atoms with van der Waals surface area (Å²) in [7, 11) is 0. The van der Waals surface area contributed by atoms with E-state index in [1.807, 2.05) is 0 Å². The number of unbranched alkanes of at least 4 members (excludes halogenated alkanes) is 2. The maximum Gasteiger partial charge on any atom is 0.307 e. The molecule has 16 heavy (non-hydrogen) atoms. The molecule has 0 radical (unpaired) electrons. The third-order valence-electron chi connectivity index (χ3n) is 2.28. The maximum absolute atomic E-state index is 10.9. The molecular formula is C11H20O4S. The molecule has 0 rings (SSSR count). The molecule has 0 aliphatic carbocycles. The van der Waals surface area contributed by atoms with Crippen LogP contribution in [0.15, 0.2) is 0 Å². The zero-order valence-electron chi connectivity index (χ0n) is 9.65. The third kappa shape index (κ3) is 8.59. The summed E-state index contributed by atoms with van der Waals surface area (Å²) in [5.41, 5.74) is 0. The van der Waals surface area contributed by atoms with Crippen molar-refractivity contribution in [2.75, 3.05) is 11.5 Å². The molecule has 1 atom stereocenters. The summed E-state index contributed by atoms with van der Waals surface area (Å²) in [4.78, 5) is 21.2. The Balaban J connectivity index is 3.68. The van der Waals surface area contributed by atoms with E-state index < -0.39 is 11.9 Å². The van der Waals surface area contributed by atoms with Gasteiger partial charge in [0, 0.05) is 11.5 Å². The first-order valence-electron chi connectivity index (χ1n) is 5.60. The standard InChI is InChI=1S/C11H20O4S/c1-2-3-4-5-9(11(14)15)8-16-7-6-10(12)13/h9H,2-8H2,1H3,(H,12,13)(H,14,15). The second-order valence-electron chi connectivity index (χ2n) is 3.75. The number of thioether (sulfide) groups is 1. The average molecular weight is 248 g/mol. The molecule has 2 N–H and O–H groups in total. The normalized spacial score (nSPS) is 12.3. The van der Waals surface area contributed by atoms with E-state index in [-0.39, 0.29) is 12.3 Å². The van der Waals surface area contributed by atoms with E-state index in [9.17, 15) is 9.59 Å². The number of hydrogen-bond acceptors (Lipinski definition) is 3. The fraction of sp³-hybridized carbons (Fsp3) is 0.818. The van der Waals surface area contributed by atoms with Crippen LogP contribution in [-0.4, -0.2) is 33.7 Å². The third-order valence-corrected chi connectivity index (χ3v) is 3.42. The first kappa shape index (κ1) is 15.3. The number of rotatable bonds is 10. The van der Waals surface area contributed by atoms with Gasteiger partial charge in [-0.25, -0.2) is 0 Å². The minimum absolute atomic E-state index is 0.103. The Morgan fingerprint density at radius 3 is 2.44 bits per heavy atom. The minimum Gasteiger partial charge on any atom is -0.481 e. The van der Waals surface area contributed by atoms with Gasteiger partial charge in [-0.05, 0) is 6.42 Å². The van der Waals surface area contributed by atoms with Crippen LogP contribution in [0.4, 0.5) is 0 Å². The molecule has 0 fully saturated rings. The maximum atomic E-state index is 10.9. The van der Waals surface area contributed by atoms with E-state index in [2.05, 4.69) is 6.92 Å². The molecule has 0 bridgehead atoms. The zero-order chi connectivity index (χ0) is 12.4. The Bertz CT molecular complexity index is 218. The van der Waals surface area contributed by atoms with Crippen molar-refractivity contribution in [1.29, 1.82) is 0 Å². The molecule has 4 nitrogen and oxygen atoms in total. The number of carboxylic acid groups (broad SMARTS) is 2. The second-order valence-corrected chi connectivity index (χ2v) is 4.90. The van der Waals surface area contributed by atoms with Crippen molar-refractivity contribution in [1.82, 2.24) is 0 Å². The number of carboxylic acids is 2. The molecule has 5 heteroatoms. The van der Waals surface area contributed by atoms with Crippen molar-refractivity contribution in [2.45, 2.75) is 39.0 Å². The lowest BCUT2D eigenvalue weighted by Gasteiger charge is -2.10. The van der Waals surface area contributed by atoms with Gasteiger partial charge < -0.3 is 10.2 Å². The van der Waals surface area contributed by atoms with E-state index in [1.54, 1.807) is 0 Å². The molecule has 1 unspecified atom stereocenters. The number of hydrogen-bond donors (Lipinski definition) is 2. The lowest BCUT2D eigenvalue weighted by Crippen LogP contribution is -2.16. The highest BCUT2D eigenvalue weighted by Gasteiger charge is 2.16. The molecule has 0 saturated heterocycles. The number of aliphatic carboxylic acids is 2. The molecule has 0 amide bonds. The smallest absolute Gasteiger partial charge is 0.307 e. The highest BCUT2D eigenvalue weighted by molar-refractivity contribution is 7.99. The summed E-state index contributed by atoms with van der Waals surface area (Å²) >= 11 is 1.41. The molecular weight excluding hydrogens is 228 g/mol. The van der Waals surface area contributed by atoms with E-state index in [1.165, 1.54) is 11.8 Å². The fourth-order valence-corrected chi connectivity index (χ4v) is 2.38. The van der Waals surface area contributed by atoms with Crippen molar-refractivity contribution in [3.05, 3.63) is 0 Å². The molecule has 0 aliphatic rings. The molecule has 94 valence electrons. The van der Waals surface area contributed by atoms with Crippen LogP contribution in [0, 0.1) is 5.92 Å². The van der Waals surface area contributed by atoms with Crippen molar-refractivity contribution < 1.29 is 19.8 Å². The predicted molar refractivity (Wildman–Crippen MR) is 64.8 cm³/mol. The van der Waals surface area contributed by atoms with E-state index in [0.717, 1.165) is 19.3 Å². The monoisotopic (exact) mass is 248 g/mol. The van der Waals surface area contributed by atoms with Crippen LogP contribution in [0.5, 0.6) is 0 Å². The van der Waals surface area contributed by atoms with Crippen LogP contribution >= 0.6 is 11.8 Å². The topological polar surface area (TPSA) is 74.6 Å². The van der Waals surface area contributed by atoms with Crippen molar-refractivity contribution >= 4 is 23.7 Å². The second kappa shape index (κ2) is 9.51. The van der Waals surface area contributed by atoms with Gasteiger partial charge in [0.1, 0.15) is 0 Å². The summed E-state index contributed by atoms with van der Waals surface area (Å²) in [6.07, 6.45) is 3.88. The largest absolute Gasteiger partial charge is 0.481 e. The van der Waals surface area contributed by atoms with Gasteiger partial charge in [0.05, 0.1) is 12.3 Å². The molecule has 0 aromatic rings. The molecule has 0 heterocycles. The van der Waals surface area contributed by atoms with E-state index in [4.69, 9.17) is 10.2 Å². The SMILES string of the molecule is CCCCCC(CSCCC(=O)O)C(=O)O.